The Hall–Kier alpha value is -1.51. The van der Waals surface area contributed by atoms with Crippen LogP contribution in [0.15, 0.2) is 18.2 Å². The first-order valence-corrected chi connectivity index (χ1v) is 5.66. The molecule has 1 aromatic rings. The number of rotatable bonds is 2. The van der Waals surface area contributed by atoms with Gasteiger partial charge in [-0.05, 0) is 49.4 Å². The summed E-state index contributed by atoms with van der Waals surface area (Å²) in [5.41, 5.74) is 1.46. The number of hydrogen-bond acceptors (Lipinski definition) is 2. The average molecular weight is 219 g/mol. The molecule has 3 heteroatoms. The van der Waals surface area contributed by atoms with Crippen LogP contribution >= 0.6 is 0 Å². The number of phenols is 1. The van der Waals surface area contributed by atoms with Gasteiger partial charge in [0.05, 0.1) is 0 Å². The SMILES string of the molecule is Cc1cc(O)ccc1C(=O)NC1CC(C)C1. The van der Waals surface area contributed by atoms with Gasteiger partial charge in [0.1, 0.15) is 5.75 Å². The van der Waals surface area contributed by atoms with Crippen molar-refractivity contribution < 1.29 is 9.90 Å². The van der Waals surface area contributed by atoms with Crippen molar-refractivity contribution in [2.75, 3.05) is 0 Å². The minimum atomic E-state index is -0.0330. The van der Waals surface area contributed by atoms with E-state index in [1.165, 1.54) is 0 Å². The van der Waals surface area contributed by atoms with E-state index >= 15 is 0 Å². The zero-order chi connectivity index (χ0) is 11.7. The van der Waals surface area contributed by atoms with Gasteiger partial charge in [-0.1, -0.05) is 6.92 Å². The first-order chi connectivity index (χ1) is 7.56. The Bertz CT molecular complexity index is 408. The van der Waals surface area contributed by atoms with Crippen LogP contribution in [-0.4, -0.2) is 17.1 Å². The Morgan fingerprint density at radius 3 is 2.69 bits per heavy atom. The molecule has 16 heavy (non-hydrogen) atoms. The Balaban J connectivity index is 2.03. The lowest BCUT2D eigenvalue weighted by molar-refractivity contribution is 0.0895. The van der Waals surface area contributed by atoms with Gasteiger partial charge >= 0.3 is 0 Å². The first-order valence-electron chi connectivity index (χ1n) is 5.66. The molecule has 0 unspecified atom stereocenters. The number of amides is 1. The van der Waals surface area contributed by atoms with Crippen molar-refractivity contribution in [2.45, 2.75) is 32.7 Å². The molecule has 0 aromatic heterocycles. The van der Waals surface area contributed by atoms with E-state index in [1.807, 2.05) is 6.92 Å². The molecule has 2 N–H and O–H groups in total. The molecule has 0 saturated heterocycles. The molecule has 0 spiro atoms. The van der Waals surface area contributed by atoms with Crippen LogP contribution in [0.5, 0.6) is 5.75 Å². The highest BCUT2D eigenvalue weighted by Crippen LogP contribution is 2.26. The second kappa shape index (κ2) is 4.16. The van der Waals surface area contributed by atoms with Crippen LogP contribution in [-0.2, 0) is 0 Å². The van der Waals surface area contributed by atoms with Crippen LogP contribution in [0.4, 0.5) is 0 Å². The van der Waals surface area contributed by atoms with Crippen molar-refractivity contribution >= 4 is 5.91 Å². The van der Waals surface area contributed by atoms with E-state index in [2.05, 4.69) is 12.2 Å². The first kappa shape index (κ1) is 11.0. The third-order valence-corrected chi connectivity index (χ3v) is 3.16. The van der Waals surface area contributed by atoms with Crippen molar-refractivity contribution in [2.24, 2.45) is 5.92 Å². The Morgan fingerprint density at radius 1 is 1.44 bits per heavy atom. The van der Waals surface area contributed by atoms with Gasteiger partial charge in [0.25, 0.3) is 5.91 Å². The van der Waals surface area contributed by atoms with Gasteiger partial charge in [-0.25, -0.2) is 0 Å². The third-order valence-electron chi connectivity index (χ3n) is 3.16. The highest BCUT2D eigenvalue weighted by atomic mass is 16.3. The van der Waals surface area contributed by atoms with E-state index in [1.54, 1.807) is 18.2 Å². The quantitative estimate of drug-likeness (QED) is 0.801. The van der Waals surface area contributed by atoms with Gasteiger partial charge in [-0.2, -0.15) is 0 Å². The van der Waals surface area contributed by atoms with Gasteiger partial charge in [0.15, 0.2) is 0 Å². The smallest absolute Gasteiger partial charge is 0.251 e. The maximum Gasteiger partial charge on any atom is 0.251 e. The second-order valence-electron chi connectivity index (χ2n) is 4.75. The van der Waals surface area contributed by atoms with Gasteiger partial charge in [0.2, 0.25) is 0 Å². The number of benzene rings is 1. The normalized spacial score (nSPS) is 23.6. The second-order valence-corrected chi connectivity index (χ2v) is 4.75. The number of aryl methyl sites for hydroxylation is 1. The molecule has 86 valence electrons. The molecule has 1 aliphatic carbocycles. The molecule has 0 bridgehead atoms. The minimum absolute atomic E-state index is 0.0330. The fraction of sp³-hybridized carbons (Fsp3) is 0.462. The fourth-order valence-corrected chi connectivity index (χ4v) is 2.19. The van der Waals surface area contributed by atoms with Crippen LogP contribution in [0.3, 0.4) is 0 Å². The van der Waals surface area contributed by atoms with Crippen molar-refractivity contribution in [3.63, 3.8) is 0 Å². The van der Waals surface area contributed by atoms with E-state index in [0.29, 0.717) is 11.6 Å². The van der Waals surface area contributed by atoms with Gasteiger partial charge in [-0.15, -0.1) is 0 Å². The molecule has 1 aromatic carbocycles. The summed E-state index contributed by atoms with van der Waals surface area (Å²) in [5.74, 6) is 0.895. The molecular weight excluding hydrogens is 202 g/mol. The molecular formula is C13H17NO2. The van der Waals surface area contributed by atoms with Crippen LogP contribution in [0.25, 0.3) is 0 Å². The summed E-state index contributed by atoms with van der Waals surface area (Å²) in [6.07, 6.45) is 2.14. The van der Waals surface area contributed by atoms with E-state index in [4.69, 9.17) is 0 Å². The lowest BCUT2D eigenvalue weighted by Gasteiger charge is -2.33. The average Bonchev–Trinajstić information content (AvgIpc) is 2.15. The maximum atomic E-state index is 11.9. The van der Waals surface area contributed by atoms with E-state index in [0.717, 1.165) is 24.3 Å². The number of phenolic OH excluding ortho intramolecular Hbond substituents is 1. The van der Waals surface area contributed by atoms with Crippen LogP contribution < -0.4 is 5.32 Å². The summed E-state index contributed by atoms with van der Waals surface area (Å²) in [6.45, 7) is 4.02. The molecule has 0 atom stereocenters. The Labute approximate surface area is 95.5 Å². The molecule has 3 nitrogen and oxygen atoms in total. The molecule has 1 amide bonds. The number of hydrogen-bond donors (Lipinski definition) is 2. The van der Waals surface area contributed by atoms with Crippen LogP contribution in [0, 0.1) is 12.8 Å². The molecule has 2 rings (SSSR count). The van der Waals surface area contributed by atoms with E-state index in [9.17, 15) is 9.90 Å². The van der Waals surface area contributed by atoms with Gasteiger partial charge < -0.3 is 10.4 Å². The molecule has 1 fully saturated rings. The predicted molar refractivity (Wildman–Crippen MR) is 62.5 cm³/mol. The van der Waals surface area contributed by atoms with E-state index < -0.39 is 0 Å². The molecule has 0 aliphatic heterocycles. The monoisotopic (exact) mass is 219 g/mol. The summed E-state index contributed by atoms with van der Waals surface area (Å²) >= 11 is 0. The van der Waals surface area contributed by atoms with E-state index in [-0.39, 0.29) is 11.7 Å². The van der Waals surface area contributed by atoms with Crippen molar-refractivity contribution in [1.82, 2.24) is 5.32 Å². The number of nitrogens with one attached hydrogen (secondary N) is 1. The van der Waals surface area contributed by atoms with Gasteiger partial charge in [0, 0.05) is 11.6 Å². The summed E-state index contributed by atoms with van der Waals surface area (Å²) in [4.78, 5) is 11.9. The number of carbonyl (C=O) groups is 1. The lowest BCUT2D eigenvalue weighted by Crippen LogP contribution is -2.43. The largest absolute Gasteiger partial charge is 0.508 e. The van der Waals surface area contributed by atoms with Crippen LogP contribution in [0.1, 0.15) is 35.7 Å². The maximum absolute atomic E-state index is 11.9. The highest BCUT2D eigenvalue weighted by molar-refractivity contribution is 5.96. The third kappa shape index (κ3) is 2.18. The topological polar surface area (TPSA) is 49.3 Å². The van der Waals surface area contributed by atoms with Crippen LogP contribution in [0.2, 0.25) is 0 Å². The van der Waals surface area contributed by atoms with Crippen molar-refractivity contribution in [3.8, 4) is 5.75 Å². The Morgan fingerprint density at radius 2 is 2.12 bits per heavy atom. The summed E-state index contributed by atoms with van der Waals surface area (Å²) in [6, 6.07) is 5.15. The summed E-state index contributed by atoms with van der Waals surface area (Å²) in [7, 11) is 0. The highest BCUT2D eigenvalue weighted by Gasteiger charge is 2.27. The fourth-order valence-electron chi connectivity index (χ4n) is 2.19. The molecule has 0 heterocycles. The van der Waals surface area contributed by atoms with Gasteiger partial charge in [-0.3, -0.25) is 4.79 Å². The predicted octanol–water partition coefficient (Wildman–Crippen LogP) is 2.23. The molecule has 0 radical (unpaired) electrons. The molecule has 1 saturated carbocycles. The summed E-state index contributed by atoms with van der Waals surface area (Å²) < 4.78 is 0. The standard InChI is InChI=1S/C13H17NO2/c1-8-5-10(6-8)14-13(16)12-4-3-11(15)7-9(12)2/h3-4,7-8,10,15H,5-6H2,1-2H3,(H,14,16). The number of carbonyl (C=O) groups excluding carboxylic acids is 1. The Kier molecular flexibility index (Phi) is 2.86. The minimum Gasteiger partial charge on any atom is -0.508 e. The zero-order valence-corrected chi connectivity index (χ0v) is 9.66. The van der Waals surface area contributed by atoms with Crippen molar-refractivity contribution in [1.29, 1.82) is 0 Å². The van der Waals surface area contributed by atoms with Crippen molar-refractivity contribution in [3.05, 3.63) is 29.3 Å². The lowest BCUT2D eigenvalue weighted by atomic mass is 9.82. The summed E-state index contributed by atoms with van der Waals surface area (Å²) in [5, 5.41) is 12.3. The zero-order valence-electron chi connectivity index (χ0n) is 9.66. The molecule has 1 aliphatic rings. The number of aromatic hydroxyl groups is 1.